The Morgan fingerprint density at radius 3 is 1.05 bits per heavy atom. The van der Waals surface area contributed by atoms with Crippen LogP contribution in [0.4, 0.5) is 0 Å². The topological polar surface area (TPSA) is 108 Å². The Labute approximate surface area is 499 Å². The number of carbonyl (C=O) groups excluding carboxylic acids is 2. The minimum atomic E-state index is -1.52. The maximum atomic E-state index is 12.9. The van der Waals surface area contributed by atoms with Gasteiger partial charge < -0.3 is 28.5 Å². The zero-order valence-corrected chi connectivity index (χ0v) is 53.2. The molecule has 0 aliphatic heterocycles. The molecule has 0 heterocycles. The van der Waals surface area contributed by atoms with Gasteiger partial charge in [-0.2, -0.15) is 0 Å². The fourth-order valence-electron chi connectivity index (χ4n) is 9.23. The zero-order chi connectivity index (χ0) is 59.1. The Morgan fingerprint density at radius 1 is 0.383 bits per heavy atom. The number of ether oxygens (including phenoxy) is 4. The molecule has 9 heteroatoms. The monoisotopic (exact) mass is 1130 g/mol. The van der Waals surface area contributed by atoms with Crippen molar-refractivity contribution < 1.29 is 42.9 Å². The lowest BCUT2D eigenvalue weighted by atomic mass is 10.0. The third kappa shape index (κ3) is 63.6. The first kappa shape index (κ1) is 77.2. The van der Waals surface area contributed by atoms with Crippen LogP contribution in [-0.4, -0.2) is 87.4 Å². The summed E-state index contributed by atoms with van der Waals surface area (Å²) in [6.45, 7) is 4.77. The molecule has 2 atom stereocenters. The number of allylic oxidation sites excluding steroid dienone is 16. The second-order valence-electron chi connectivity index (χ2n) is 23.4. The van der Waals surface area contributed by atoms with E-state index in [1.54, 1.807) is 0 Å². The fourth-order valence-corrected chi connectivity index (χ4v) is 9.23. The Kier molecular flexibility index (Phi) is 59.3. The molecule has 0 saturated carbocycles. The summed E-state index contributed by atoms with van der Waals surface area (Å²) in [7, 11) is 5.97. The summed E-state index contributed by atoms with van der Waals surface area (Å²) in [5.41, 5.74) is 0. The molecule has 0 radical (unpaired) electrons. The number of likely N-dealkylation sites (N-methyl/N-ethyl adjacent to an activating group) is 1. The predicted molar refractivity (Wildman–Crippen MR) is 345 cm³/mol. The van der Waals surface area contributed by atoms with Crippen LogP contribution in [0.5, 0.6) is 0 Å². The van der Waals surface area contributed by atoms with Gasteiger partial charge in [0.05, 0.1) is 34.4 Å². The van der Waals surface area contributed by atoms with Gasteiger partial charge in [0.2, 0.25) is 0 Å². The highest BCUT2D eigenvalue weighted by atomic mass is 16.7. The number of rotatable bonds is 61. The molecule has 0 aliphatic rings. The van der Waals surface area contributed by atoms with Crippen molar-refractivity contribution in [2.75, 3.05) is 47.5 Å². The molecule has 0 rings (SSSR count). The highest BCUT2D eigenvalue weighted by Gasteiger charge is 2.25. The highest BCUT2D eigenvalue weighted by molar-refractivity contribution is 5.71. The number of carboxylic acid groups (broad SMARTS) is 1. The Hall–Kier alpha value is -3.79. The molecule has 466 valence electrons. The van der Waals surface area contributed by atoms with Crippen molar-refractivity contribution in [3.63, 3.8) is 0 Å². The lowest BCUT2D eigenvalue weighted by molar-refractivity contribution is -0.870. The van der Waals surface area contributed by atoms with Crippen LogP contribution in [0.3, 0.4) is 0 Å². The predicted octanol–water partition coefficient (Wildman–Crippen LogP) is 20.5. The summed E-state index contributed by atoms with van der Waals surface area (Å²) >= 11 is 0. The minimum absolute atomic E-state index is 0.184. The average molecular weight is 1130 g/mol. The van der Waals surface area contributed by atoms with Gasteiger partial charge in [-0.15, -0.1) is 0 Å². The molecule has 2 unspecified atom stereocenters. The number of unbranched alkanes of at least 4 members (excludes halogenated alkanes) is 30. The third-order valence-electron chi connectivity index (χ3n) is 14.3. The summed E-state index contributed by atoms with van der Waals surface area (Å²) in [4.78, 5) is 37.6. The van der Waals surface area contributed by atoms with Crippen LogP contribution in [0.2, 0.25) is 0 Å². The van der Waals surface area contributed by atoms with Crippen molar-refractivity contribution in [2.45, 2.75) is 296 Å². The second kappa shape index (κ2) is 62.3. The van der Waals surface area contributed by atoms with Crippen LogP contribution in [0.1, 0.15) is 284 Å². The van der Waals surface area contributed by atoms with Gasteiger partial charge in [0.15, 0.2) is 6.10 Å². The Morgan fingerprint density at radius 2 is 0.704 bits per heavy atom. The van der Waals surface area contributed by atoms with E-state index in [-0.39, 0.29) is 32.2 Å². The molecule has 0 aromatic carbocycles. The number of hydrogen-bond donors (Lipinski definition) is 1. The van der Waals surface area contributed by atoms with Crippen molar-refractivity contribution in [1.29, 1.82) is 0 Å². The van der Waals surface area contributed by atoms with E-state index in [1.807, 2.05) is 21.1 Å². The van der Waals surface area contributed by atoms with Crippen LogP contribution >= 0.6 is 0 Å². The first-order chi connectivity index (χ1) is 39.6. The van der Waals surface area contributed by atoms with Gasteiger partial charge in [0.25, 0.3) is 6.29 Å². The van der Waals surface area contributed by atoms with Crippen LogP contribution in [0.25, 0.3) is 0 Å². The molecule has 0 aliphatic carbocycles. The number of nitrogens with zero attached hydrogens (tertiary/aromatic N) is 1. The number of esters is 2. The molecule has 9 nitrogen and oxygen atoms in total. The summed E-state index contributed by atoms with van der Waals surface area (Å²) < 4.78 is 23.0. The molecule has 81 heavy (non-hydrogen) atoms. The van der Waals surface area contributed by atoms with E-state index >= 15 is 0 Å². The lowest BCUT2D eigenvalue weighted by Crippen LogP contribution is -2.40. The Balaban J connectivity index is 4.16. The van der Waals surface area contributed by atoms with Gasteiger partial charge >= 0.3 is 17.9 Å². The fraction of sp³-hybridized carbons (Fsp3) is 0.736. The largest absolute Gasteiger partial charge is 0.477 e. The van der Waals surface area contributed by atoms with Crippen LogP contribution in [-0.2, 0) is 33.3 Å². The van der Waals surface area contributed by atoms with Crippen LogP contribution in [0, 0.1) is 0 Å². The van der Waals surface area contributed by atoms with E-state index < -0.39 is 24.3 Å². The molecular formula is C72H126NO8+. The molecule has 0 amide bonds. The molecule has 0 spiro atoms. The standard InChI is InChI=1S/C72H125NO8/c1-6-8-10-12-14-16-18-20-22-24-26-28-30-32-33-34-35-36-37-39-41-43-45-47-49-51-53-55-57-59-61-63-70(75)81-68(67-80-72(71(76)77)78-65-64-73(3,4)5)66-79-69(74)62-60-58-56-54-52-50-48-46-44-42-40-38-31-29-27-25-23-21-19-17-15-13-11-9-7-2/h8,10,14,16,19-22,25-28,31-33,38,68,72H,6-7,9,11-13,15,17-18,23-24,29-30,34-37,39-67H2,1-5H3/p+1/b10-8-,16-14-,21-19-,22-20-,27-25-,28-26-,33-32-,38-31-. The zero-order valence-electron chi connectivity index (χ0n) is 53.2. The lowest BCUT2D eigenvalue weighted by Gasteiger charge is -2.25. The SMILES string of the molecule is CC/C=C\C/C=C\C/C=C\C/C=C\C/C=C\CCCCCCCCCCCCCCCCCC(=O)OC(COC(=O)CCCCCCCCCCCC/C=C\C/C=C\C/C=C\CCCCCCC)COC(OCC[N+](C)(C)C)C(=O)O. The maximum Gasteiger partial charge on any atom is 0.361 e. The van der Waals surface area contributed by atoms with Gasteiger partial charge in [-0.25, -0.2) is 4.79 Å². The van der Waals surface area contributed by atoms with E-state index in [0.29, 0.717) is 17.4 Å². The Bertz CT molecular complexity index is 1650. The number of carbonyl (C=O) groups is 3. The van der Waals surface area contributed by atoms with Crippen molar-refractivity contribution in [3.05, 3.63) is 97.2 Å². The molecule has 0 fully saturated rings. The van der Waals surface area contributed by atoms with Gasteiger partial charge in [-0.3, -0.25) is 9.59 Å². The minimum Gasteiger partial charge on any atom is -0.477 e. The maximum absolute atomic E-state index is 12.9. The van der Waals surface area contributed by atoms with Crippen molar-refractivity contribution in [3.8, 4) is 0 Å². The molecule has 0 aromatic heterocycles. The average Bonchev–Trinajstić information content (AvgIpc) is 3.44. The van der Waals surface area contributed by atoms with Crippen molar-refractivity contribution >= 4 is 17.9 Å². The second-order valence-corrected chi connectivity index (χ2v) is 23.4. The van der Waals surface area contributed by atoms with Crippen molar-refractivity contribution in [1.82, 2.24) is 0 Å². The van der Waals surface area contributed by atoms with Gasteiger partial charge in [-0.1, -0.05) is 272 Å². The number of quaternary nitrogens is 1. The molecule has 0 bridgehead atoms. The van der Waals surface area contributed by atoms with E-state index in [4.69, 9.17) is 18.9 Å². The molecule has 1 N–H and O–H groups in total. The van der Waals surface area contributed by atoms with E-state index in [2.05, 4.69) is 111 Å². The van der Waals surface area contributed by atoms with Gasteiger partial charge in [0, 0.05) is 12.8 Å². The normalized spacial score (nSPS) is 13.3. The highest BCUT2D eigenvalue weighted by Crippen LogP contribution is 2.17. The third-order valence-corrected chi connectivity index (χ3v) is 14.3. The van der Waals surface area contributed by atoms with Gasteiger partial charge in [-0.05, 0) is 96.3 Å². The summed E-state index contributed by atoms with van der Waals surface area (Å²) in [5.74, 6) is -2.01. The first-order valence-electron chi connectivity index (χ1n) is 33.4. The molecular weight excluding hydrogens is 1010 g/mol. The first-order valence-corrected chi connectivity index (χ1v) is 33.4. The van der Waals surface area contributed by atoms with Crippen molar-refractivity contribution in [2.24, 2.45) is 0 Å². The smallest absolute Gasteiger partial charge is 0.361 e. The number of hydrogen-bond acceptors (Lipinski definition) is 7. The number of aliphatic carboxylic acids is 1. The van der Waals surface area contributed by atoms with E-state index in [9.17, 15) is 19.5 Å². The molecule has 0 saturated heterocycles. The van der Waals surface area contributed by atoms with Crippen LogP contribution in [0.15, 0.2) is 97.2 Å². The van der Waals surface area contributed by atoms with Crippen LogP contribution < -0.4 is 0 Å². The molecule has 0 aromatic rings. The van der Waals surface area contributed by atoms with E-state index in [0.717, 1.165) is 83.5 Å². The summed E-state index contributed by atoms with van der Waals surface area (Å²) in [6.07, 6.45) is 82.1. The van der Waals surface area contributed by atoms with E-state index in [1.165, 1.54) is 173 Å². The quantitative estimate of drug-likeness (QED) is 0.0211. The number of carboxylic acids is 1. The summed E-state index contributed by atoms with van der Waals surface area (Å²) in [5, 5.41) is 9.74. The van der Waals surface area contributed by atoms with Gasteiger partial charge in [0.1, 0.15) is 13.2 Å². The summed E-state index contributed by atoms with van der Waals surface area (Å²) in [6, 6.07) is 0.